The lowest BCUT2D eigenvalue weighted by atomic mass is 10.2. The lowest BCUT2D eigenvalue weighted by Gasteiger charge is -2.10. The molecule has 0 bridgehead atoms. The standard InChI is InChI=1S/C21H17N3O/c25-21(23-18-10-11-19-17(14-18)8-4-12-22-19)20-9-5-13-24(20)15-16-6-2-1-3-7-16/h1-14H,15H2,(H,23,25). The van der Waals surface area contributed by atoms with Crippen molar-refractivity contribution in [2.45, 2.75) is 6.54 Å². The van der Waals surface area contributed by atoms with Gasteiger partial charge in [-0.1, -0.05) is 36.4 Å². The number of anilines is 1. The maximum absolute atomic E-state index is 12.7. The van der Waals surface area contributed by atoms with E-state index >= 15 is 0 Å². The SMILES string of the molecule is O=C(Nc1ccc2ncccc2c1)c1cccn1Cc1ccccc1. The smallest absolute Gasteiger partial charge is 0.272 e. The van der Waals surface area contributed by atoms with Crippen molar-refractivity contribution in [2.24, 2.45) is 0 Å². The molecule has 2 heterocycles. The van der Waals surface area contributed by atoms with Crippen LogP contribution in [0.5, 0.6) is 0 Å². The summed E-state index contributed by atoms with van der Waals surface area (Å²) in [6, 6.07) is 23.4. The first-order chi connectivity index (χ1) is 12.3. The first-order valence-corrected chi connectivity index (χ1v) is 8.15. The Bertz CT molecular complexity index is 1020. The minimum Gasteiger partial charge on any atom is -0.339 e. The van der Waals surface area contributed by atoms with E-state index in [4.69, 9.17) is 0 Å². The number of pyridine rings is 1. The van der Waals surface area contributed by atoms with Crippen molar-refractivity contribution in [2.75, 3.05) is 5.32 Å². The summed E-state index contributed by atoms with van der Waals surface area (Å²) in [4.78, 5) is 17.0. The molecule has 0 saturated carbocycles. The van der Waals surface area contributed by atoms with Crippen molar-refractivity contribution in [3.63, 3.8) is 0 Å². The van der Waals surface area contributed by atoms with E-state index < -0.39 is 0 Å². The van der Waals surface area contributed by atoms with Crippen molar-refractivity contribution >= 4 is 22.5 Å². The number of hydrogen-bond acceptors (Lipinski definition) is 2. The third-order valence-corrected chi connectivity index (χ3v) is 4.12. The van der Waals surface area contributed by atoms with Gasteiger partial charge in [-0.15, -0.1) is 0 Å². The van der Waals surface area contributed by atoms with Crippen LogP contribution in [-0.2, 0) is 6.54 Å². The van der Waals surface area contributed by atoms with Crippen LogP contribution in [0.4, 0.5) is 5.69 Å². The van der Waals surface area contributed by atoms with Crippen LogP contribution in [0.25, 0.3) is 10.9 Å². The molecular formula is C21H17N3O. The molecule has 25 heavy (non-hydrogen) atoms. The number of rotatable bonds is 4. The van der Waals surface area contributed by atoms with Crippen LogP contribution >= 0.6 is 0 Å². The molecule has 0 unspecified atom stereocenters. The van der Waals surface area contributed by atoms with Crippen molar-refractivity contribution in [3.8, 4) is 0 Å². The van der Waals surface area contributed by atoms with Crippen molar-refractivity contribution < 1.29 is 4.79 Å². The van der Waals surface area contributed by atoms with E-state index in [0.29, 0.717) is 12.2 Å². The Labute approximate surface area is 145 Å². The van der Waals surface area contributed by atoms with Crippen LogP contribution in [0.2, 0.25) is 0 Å². The number of hydrogen-bond donors (Lipinski definition) is 1. The van der Waals surface area contributed by atoms with E-state index in [1.54, 1.807) is 6.20 Å². The Morgan fingerprint density at radius 3 is 2.72 bits per heavy atom. The van der Waals surface area contributed by atoms with Crippen LogP contribution in [0.15, 0.2) is 85.2 Å². The fourth-order valence-corrected chi connectivity index (χ4v) is 2.89. The zero-order chi connectivity index (χ0) is 17.1. The summed E-state index contributed by atoms with van der Waals surface area (Å²) in [6.45, 7) is 0.665. The van der Waals surface area contributed by atoms with Crippen LogP contribution in [0.1, 0.15) is 16.1 Å². The topological polar surface area (TPSA) is 46.9 Å². The molecule has 122 valence electrons. The van der Waals surface area contributed by atoms with E-state index in [1.807, 2.05) is 71.4 Å². The van der Waals surface area contributed by atoms with E-state index in [-0.39, 0.29) is 5.91 Å². The summed E-state index contributed by atoms with van der Waals surface area (Å²) in [5, 5.41) is 3.98. The molecular weight excluding hydrogens is 310 g/mol. The summed E-state index contributed by atoms with van der Waals surface area (Å²) in [7, 11) is 0. The average Bonchev–Trinajstić information content (AvgIpc) is 3.11. The van der Waals surface area contributed by atoms with Crippen molar-refractivity contribution in [1.82, 2.24) is 9.55 Å². The molecule has 4 heteroatoms. The minimum absolute atomic E-state index is 0.121. The van der Waals surface area contributed by atoms with E-state index in [0.717, 1.165) is 22.2 Å². The maximum Gasteiger partial charge on any atom is 0.272 e. The molecule has 0 saturated heterocycles. The predicted octanol–water partition coefficient (Wildman–Crippen LogP) is 4.34. The van der Waals surface area contributed by atoms with Gasteiger partial charge in [-0.3, -0.25) is 9.78 Å². The highest BCUT2D eigenvalue weighted by Gasteiger charge is 2.11. The third kappa shape index (κ3) is 3.28. The van der Waals surface area contributed by atoms with Gasteiger partial charge in [0.05, 0.1) is 5.52 Å². The number of carbonyl (C=O) groups is 1. The first-order valence-electron chi connectivity index (χ1n) is 8.15. The van der Waals surface area contributed by atoms with Gasteiger partial charge < -0.3 is 9.88 Å². The lowest BCUT2D eigenvalue weighted by Crippen LogP contribution is -2.17. The highest BCUT2D eigenvalue weighted by atomic mass is 16.1. The van der Waals surface area contributed by atoms with Gasteiger partial charge in [-0.05, 0) is 42.0 Å². The Morgan fingerprint density at radius 2 is 1.84 bits per heavy atom. The van der Waals surface area contributed by atoms with E-state index in [9.17, 15) is 4.79 Å². The molecule has 1 amide bonds. The average molecular weight is 327 g/mol. The van der Waals surface area contributed by atoms with E-state index in [1.165, 1.54) is 0 Å². The minimum atomic E-state index is -0.121. The van der Waals surface area contributed by atoms with Crippen molar-refractivity contribution in [1.29, 1.82) is 0 Å². The van der Waals surface area contributed by atoms with Gasteiger partial charge in [0.15, 0.2) is 0 Å². The molecule has 4 nitrogen and oxygen atoms in total. The Morgan fingerprint density at radius 1 is 0.960 bits per heavy atom. The monoisotopic (exact) mass is 327 g/mol. The molecule has 0 atom stereocenters. The maximum atomic E-state index is 12.7. The molecule has 0 aliphatic rings. The van der Waals surface area contributed by atoms with E-state index in [2.05, 4.69) is 22.4 Å². The van der Waals surface area contributed by atoms with Gasteiger partial charge in [0, 0.05) is 30.0 Å². The number of fused-ring (bicyclic) bond motifs is 1. The van der Waals surface area contributed by atoms with Crippen LogP contribution in [0, 0.1) is 0 Å². The molecule has 2 aromatic carbocycles. The number of amides is 1. The largest absolute Gasteiger partial charge is 0.339 e. The summed E-state index contributed by atoms with van der Waals surface area (Å²) in [6.07, 6.45) is 3.68. The molecule has 4 rings (SSSR count). The number of aromatic nitrogens is 2. The number of nitrogens with one attached hydrogen (secondary N) is 1. The fourth-order valence-electron chi connectivity index (χ4n) is 2.89. The predicted molar refractivity (Wildman–Crippen MR) is 99.7 cm³/mol. The van der Waals surface area contributed by atoms with Gasteiger partial charge in [0.1, 0.15) is 5.69 Å². The highest BCUT2D eigenvalue weighted by Crippen LogP contribution is 2.18. The second-order valence-corrected chi connectivity index (χ2v) is 5.87. The molecule has 4 aromatic rings. The molecule has 0 fully saturated rings. The lowest BCUT2D eigenvalue weighted by molar-refractivity contribution is 0.101. The molecule has 1 N–H and O–H groups in total. The second kappa shape index (κ2) is 6.61. The Hall–Kier alpha value is -3.40. The summed E-state index contributed by atoms with van der Waals surface area (Å²) < 4.78 is 1.95. The summed E-state index contributed by atoms with van der Waals surface area (Å²) >= 11 is 0. The van der Waals surface area contributed by atoms with Gasteiger partial charge >= 0.3 is 0 Å². The Kier molecular flexibility index (Phi) is 4.01. The second-order valence-electron chi connectivity index (χ2n) is 5.87. The number of carbonyl (C=O) groups excluding carboxylic acids is 1. The molecule has 0 aliphatic heterocycles. The van der Waals surface area contributed by atoms with Gasteiger partial charge in [-0.25, -0.2) is 0 Å². The number of nitrogens with zero attached hydrogens (tertiary/aromatic N) is 2. The first kappa shape index (κ1) is 15.1. The Balaban J connectivity index is 1.56. The fraction of sp³-hybridized carbons (Fsp3) is 0.0476. The van der Waals surface area contributed by atoms with Gasteiger partial charge in [-0.2, -0.15) is 0 Å². The van der Waals surface area contributed by atoms with Gasteiger partial charge in [0.2, 0.25) is 0 Å². The van der Waals surface area contributed by atoms with Crippen LogP contribution < -0.4 is 5.32 Å². The normalized spacial score (nSPS) is 10.7. The number of benzene rings is 2. The third-order valence-electron chi connectivity index (χ3n) is 4.12. The molecule has 0 radical (unpaired) electrons. The molecule has 0 aliphatic carbocycles. The molecule has 0 spiro atoms. The highest BCUT2D eigenvalue weighted by molar-refractivity contribution is 6.04. The van der Waals surface area contributed by atoms with Crippen LogP contribution in [0.3, 0.4) is 0 Å². The van der Waals surface area contributed by atoms with Crippen molar-refractivity contribution in [3.05, 3.63) is 96.4 Å². The van der Waals surface area contributed by atoms with Gasteiger partial charge in [0.25, 0.3) is 5.91 Å². The van der Waals surface area contributed by atoms with Crippen LogP contribution in [-0.4, -0.2) is 15.5 Å². The zero-order valence-electron chi connectivity index (χ0n) is 13.6. The zero-order valence-corrected chi connectivity index (χ0v) is 13.6. The molecule has 2 aromatic heterocycles. The summed E-state index contributed by atoms with van der Waals surface area (Å²) in [5.74, 6) is -0.121. The quantitative estimate of drug-likeness (QED) is 0.606. The summed E-state index contributed by atoms with van der Waals surface area (Å²) in [5.41, 5.74) is 3.46.